The molecule has 0 saturated carbocycles. The number of amides is 1. The summed E-state index contributed by atoms with van der Waals surface area (Å²) in [5.74, 6) is -2.47. The molecule has 28 heavy (non-hydrogen) atoms. The number of nitrogens with zero attached hydrogens (tertiary/aromatic N) is 2. The van der Waals surface area contributed by atoms with E-state index < -0.39 is 23.2 Å². The molecule has 0 unspecified atom stereocenters. The lowest BCUT2D eigenvalue weighted by molar-refractivity contribution is 0.101. The Balaban J connectivity index is 1.82. The van der Waals surface area contributed by atoms with Crippen LogP contribution in [0.5, 0.6) is 0 Å². The van der Waals surface area contributed by atoms with Gasteiger partial charge in [-0.1, -0.05) is 6.07 Å². The van der Waals surface area contributed by atoms with Gasteiger partial charge < -0.3 is 10.6 Å². The molecule has 1 heterocycles. The van der Waals surface area contributed by atoms with Crippen molar-refractivity contribution >= 4 is 29.0 Å². The maximum absolute atomic E-state index is 13.7. The maximum Gasteiger partial charge on any atom is 0.274 e. The molecule has 0 bridgehead atoms. The van der Waals surface area contributed by atoms with E-state index in [4.69, 9.17) is 0 Å². The zero-order valence-electron chi connectivity index (χ0n) is 15.1. The summed E-state index contributed by atoms with van der Waals surface area (Å²) in [4.78, 5) is 32.0. The summed E-state index contributed by atoms with van der Waals surface area (Å²) >= 11 is 0. The van der Waals surface area contributed by atoms with Crippen LogP contribution >= 0.6 is 0 Å². The number of halogens is 2. The molecule has 0 atom stereocenters. The normalized spacial score (nSPS) is 10.4. The Hall–Kier alpha value is -3.68. The molecule has 2 aromatic carbocycles. The number of carbonyl (C=O) groups excluding carboxylic acids is 2. The van der Waals surface area contributed by atoms with Crippen molar-refractivity contribution in [2.75, 3.05) is 10.6 Å². The smallest absolute Gasteiger partial charge is 0.274 e. The lowest BCUT2D eigenvalue weighted by atomic mass is 10.1. The van der Waals surface area contributed by atoms with Crippen molar-refractivity contribution in [3.05, 3.63) is 77.1 Å². The van der Waals surface area contributed by atoms with Gasteiger partial charge in [0.05, 0.1) is 0 Å². The maximum atomic E-state index is 13.7. The molecule has 3 aromatic rings. The number of anilines is 3. The van der Waals surface area contributed by atoms with Crippen LogP contribution in [0.25, 0.3) is 0 Å². The van der Waals surface area contributed by atoms with E-state index in [0.29, 0.717) is 16.9 Å². The van der Waals surface area contributed by atoms with Gasteiger partial charge in [0, 0.05) is 16.9 Å². The van der Waals surface area contributed by atoms with Crippen LogP contribution in [0.4, 0.5) is 26.1 Å². The van der Waals surface area contributed by atoms with Crippen molar-refractivity contribution in [2.24, 2.45) is 0 Å². The quantitative estimate of drug-likeness (QED) is 0.644. The van der Waals surface area contributed by atoms with Crippen LogP contribution in [0.2, 0.25) is 0 Å². The highest BCUT2D eigenvalue weighted by Crippen LogP contribution is 2.20. The average Bonchev–Trinajstić information content (AvgIpc) is 2.64. The minimum Gasteiger partial charge on any atom is -0.324 e. The second kappa shape index (κ2) is 7.91. The van der Waals surface area contributed by atoms with Gasteiger partial charge in [0.2, 0.25) is 5.95 Å². The van der Waals surface area contributed by atoms with Gasteiger partial charge >= 0.3 is 0 Å². The molecule has 6 nitrogen and oxygen atoms in total. The Morgan fingerprint density at radius 3 is 2.21 bits per heavy atom. The Bertz CT molecular complexity index is 1030. The van der Waals surface area contributed by atoms with E-state index >= 15 is 0 Å². The Labute approximate surface area is 159 Å². The van der Waals surface area contributed by atoms with E-state index in [1.807, 2.05) is 0 Å². The summed E-state index contributed by atoms with van der Waals surface area (Å²) in [5.41, 5.74) is 1.05. The molecule has 0 aliphatic heterocycles. The number of rotatable bonds is 5. The van der Waals surface area contributed by atoms with Crippen LogP contribution in [0.15, 0.2) is 48.5 Å². The van der Waals surface area contributed by atoms with E-state index in [-0.39, 0.29) is 17.4 Å². The largest absolute Gasteiger partial charge is 0.324 e. The van der Waals surface area contributed by atoms with Gasteiger partial charge in [-0.3, -0.25) is 9.59 Å². The van der Waals surface area contributed by atoms with Crippen molar-refractivity contribution in [3.8, 4) is 0 Å². The molecule has 0 radical (unpaired) electrons. The Morgan fingerprint density at radius 2 is 1.61 bits per heavy atom. The molecular formula is C20H16F2N4O2. The Kier molecular flexibility index (Phi) is 5.39. The predicted octanol–water partition coefficient (Wildman–Crippen LogP) is 4.26. The molecular weight excluding hydrogens is 366 g/mol. The van der Waals surface area contributed by atoms with Gasteiger partial charge in [0.1, 0.15) is 23.0 Å². The number of para-hydroxylation sites is 1. The van der Waals surface area contributed by atoms with Crippen molar-refractivity contribution in [3.63, 3.8) is 0 Å². The standard InChI is InChI=1S/C20H16F2N4O2/c1-11-10-17(19(28)26-18-15(21)4-3-5-16(18)22)25-20(23-11)24-14-8-6-13(7-9-14)12(2)27/h3-10H,1-2H3,(H,26,28)(H,23,24,25). The number of hydrogen-bond donors (Lipinski definition) is 2. The monoisotopic (exact) mass is 382 g/mol. The molecule has 0 aliphatic rings. The third-order valence-corrected chi connectivity index (χ3v) is 3.84. The predicted molar refractivity (Wildman–Crippen MR) is 101 cm³/mol. The highest BCUT2D eigenvalue weighted by atomic mass is 19.1. The zero-order valence-corrected chi connectivity index (χ0v) is 15.1. The number of aryl methyl sites for hydroxylation is 1. The van der Waals surface area contributed by atoms with E-state index in [0.717, 1.165) is 12.1 Å². The van der Waals surface area contributed by atoms with Crippen LogP contribution in [-0.4, -0.2) is 21.7 Å². The summed E-state index contributed by atoms with van der Waals surface area (Å²) in [6, 6.07) is 11.3. The molecule has 3 rings (SSSR count). The lowest BCUT2D eigenvalue weighted by Crippen LogP contribution is -2.17. The van der Waals surface area contributed by atoms with E-state index in [1.165, 1.54) is 19.1 Å². The molecule has 142 valence electrons. The zero-order chi connectivity index (χ0) is 20.3. The van der Waals surface area contributed by atoms with Gasteiger partial charge in [0.15, 0.2) is 5.78 Å². The summed E-state index contributed by atoms with van der Waals surface area (Å²) in [6.07, 6.45) is 0. The number of nitrogens with one attached hydrogen (secondary N) is 2. The molecule has 1 amide bonds. The summed E-state index contributed by atoms with van der Waals surface area (Å²) in [6.45, 7) is 3.13. The molecule has 0 spiro atoms. The number of benzene rings is 2. The second-order valence-electron chi connectivity index (χ2n) is 6.03. The van der Waals surface area contributed by atoms with Gasteiger partial charge in [-0.2, -0.15) is 0 Å². The molecule has 8 heteroatoms. The first kappa shape index (κ1) is 19.1. The highest BCUT2D eigenvalue weighted by molar-refractivity contribution is 6.03. The molecule has 0 aliphatic carbocycles. The molecule has 0 saturated heterocycles. The number of aromatic nitrogens is 2. The van der Waals surface area contributed by atoms with E-state index in [1.54, 1.807) is 31.2 Å². The first-order valence-electron chi connectivity index (χ1n) is 8.32. The second-order valence-corrected chi connectivity index (χ2v) is 6.03. The van der Waals surface area contributed by atoms with E-state index in [9.17, 15) is 18.4 Å². The van der Waals surface area contributed by atoms with Crippen molar-refractivity contribution in [1.82, 2.24) is 9.97 Å². The fourth-order valence-corrected chi connectivity index (χ4v) is 2.45. The number of ketones is 1. The molecule has 1 aromatic heterocycles. The van der Waals surface area contributed by atoms with Crippen LogP contribution in [0, 0.1) is 18.6 Å². The van der Waals surface area contributed by atoms with Crippen molar-refractivity contribution < 1.29 is 18.4 Å². The van der Waals surface area contributed by atoms with Crippen LogP contribution in [0.1, 0.15) is 33.5 Å². The molecule has 2 N–H and O–H groups in total. The third-order valence-electron chi connectivity index (χ3n) is 3.84. The first-order chi connectivity index (χ1) is 13.3. The number of hydrogen-bond acceptors (Lipinski definition) is 5. The number of Topliss-reactive ketones (excluding diaryl/α,β-unsaturated/α-hetero) is 1. The fraction of sp³-hybridized carbons (Fsp3) is 0.100. The van der Waals surface area contributed by atoms with Gasteiger partial charge in [-0.25, -0.2) is 18.7 Å². The van der Waals surface area contributed by atoms with Crippen LogP contribution in [-0.2, 0) is 0 Å². The summed E-state index contributed by atoms with van der Waals surface area (Å²) in [7, 11) is 0. The third kappa shape index (κ3) is 4.35. The van der Waals surface area contributed by atoms with Gasteiger partial charge in [-0.15, -0.1) is 0 Å². The van der Waals surface area contributed by atoms with Crippen molar-refractivity contribution in [1.29, 1.82) is 0 Å². The average molecular weight is 382 g/mol. The summed E-state index contributed by atoms with van der Waals surface area (Å²) < 4.78 is 27.5. The SMILES string of the molecule is CC(=O)c1ccc(Nc2nc(C)cc(C(=O)Nc3c(F)cccc3F)n2)cc1. The Morgan fingerprint density at radius 1 is 0.964 bits per heavy atom. The van der Waals surface area contributed by atoms with Gasteiger partial charge in [-0.05, 0) is 56.3 Å². The summed E-state index contributed by atoms with van der Waals surface area (Å²) in [5, 5.41) is 5.12. The highest BCUT2D eigenvalue weighted by Gasteiger charge is 2.16. The topological polar surface area (TPSA) is 84.0 Å². The molecule has 0 fully saturated rings. The first-order valence-corrected chi connectivity index (χ1v) is 8.32. The minimum absolute atomic E-state index is 0.0574. The van der Waals surface area contributed by atoms with Crippen LogP contribution in [0.3, 0.4) is 0 Å². The van der Waals surface area contributed by atoms with Gasteiger partial charge in [0.25, 0.3) is 5.91 Å². The van der Waals surface area contributed by atoms with E-state index in [2.05, 4.69) is 20.6 Å². The van der Waals surface area contributed by atoms with Crippen molar-refractivity contribution in [2.45, 2.75) is 13.8 Å². The lowest BCUT2D eigenvalue weighted by Gasteiger charge is -2.10. The van der Waals surface area contributed by atoms with Crippen LogP contribution < -0.4 is 10.6 Å². The minimum atomic E-state index is -0.886. The number of carbonyl (C=O) groups is 2. The fourth-order valence-electron chi connectivity index (χ4n) is 2.45.